The lowest BCUT2D eigenvalue weighted by molar-refractivity contribution is -0.148. The van der Waals surface area contributed by atoms with Crippen LogP contribution in [-0.4, -0.2) is 49.0 Å². The van der Waals surface area contributed by atoms with Gasteiger partial charge in [0, 0.05) is 11.5 Å². The summed E-state index contributed by atoms with van der Waals surface area (Å²) in [5.74, 6) is -1.35. The molecule has 1 N–H and O–H groups in total. The molecule has 0 radical (unpaired) electrons. The molecule has 0 bridgehead atoms. The number of hydrogen-bond acceptors (Lipinski definition) is 4. The van der Waals surface area contributed by atoms with Crippen molar-refractivity contribution < 1.29 is 18.9 Å². The number of rotatable bonds is 2. The number of hydrogen-bond donors (Lipinski definition) is 1. The molecule has 98 valence electrons. The van der Waals surface area contributed by atoms with Gasteiger partial charge in [-0.2, -0.15) is 0 Å². The second-order valence-corrected chi connectivity index (χ2v) is 6.11. The first-order valence-corrected chi connectivity index (χ1v) is 6.87. The van der Waals surface area contributed by atoms with E-state index in [-0.39, 0.29) is 17.4 Å². The maximum Gasteiger partial charge on any atom is 0.352 e. The number of aliphatic imine (C=N–C) groups is 1. The van der Waals surface area contributed by atoms with Crippen LogP contribution in [-0.2, 0) is 20.4 Å². The van der Waals surface area contributed by atoms with E-state index < -0.39 is 28.2 Å². The van der Waals surface area contributed by atoms with Crippen molar-refractivity contribution in [1.82, 2.24) is 4.90 Å². The number of fused-ring (bicyclic) bond motifs is 1. The summed E-state index contributed by atoms with van der Waals surface area (Å²) in [6.45, 7) is 5.09. The number of carboxylic acid groups (broad SMARTS) is 1. The highest BCUT2D eigenvalue weighted by Gasteiger charge is 2.56. The maximum absolute atomic E-state index is 12.0. The third-order valence-corrected chi connectivity index (χ3v) is 4.61. The van der Waals surface area contributed by atoms with Gasteiger partial charge in [-0.15, -0.1) is 0 Å². The summed E-state index contributed by atoms with van der Waals surface area (Å²) in [7, 11) is -1.29. The van der Waals surface area contributed by atoms with Crippen LogP contribution in [0.4, 0.5) is 0 Å². The van der Waals surface area contributed by atoms with Gasteiger partial charge in [0.25, 0.3) is 5.91 Å². The minimum Gasteiger partial charge on any atom is -0.477 e. The molecule has 0 saturated carbocycles. The smallest absolute Gasteiger partial charge is 0.352 e. The average molecular weight is 270 g/mol. The van der Waals surface area contributed by atoms with Gasteiger partial charge in [-0.25, -0.2) is 4.79 Å². The first-order valence-electron chi connectivity index (χ1n) is 5.49. The zero-order valence-corrected chi connectivity index (χ0v) is 11.2. The summed E-state index contributed by atoms with van der Waals surface area (Å²) in [6, 6.07) is -0.696. The number of amides is 1. The molecule has 2 unspecified atom stereocenters. The fourth-order valence-electron chi connectivity index (χ4n) is 2.20. The van der Waals surface area contributed by atoms with Crippen LogP contribution in [0.2, 0.25) is 0 Å². The van der Waals surface area contributed by atoms with Crippen molar-refractivity contribution in [3.8, 4) is 0 Å². The van der Waals surface area contributed by atoms with E-state index in [1.54, 1.807) is 20.8 Å². The highest BCUT2D eigenvalue weighted by molar-refractivity contribution is 7.86. The van der Waals surface area contributed by atoms with Gasteiger partial charge in [0.15, 0.2) is 6.04 Å². The van der Waals surface area contributed by atoms with E-state index in [2.05, 4.69) is 4.99 Å². The molecule has 1 amide bonds. The molecular formula is C11H14N2O4S. The highest BCUT2D eigenvalue weighted by atomic mass is 32.2. The fraction of sp³-hybridized carbons (Fsp3) is 0.545. The molecule has 0 aromatic rings. The van der Waals surface area contributed by atoms with E-state index in [0.717, 1.165) is 4.90 Å². The third-order valence-electron chi connectivity index (χ3n) is 2.89. The minimum absolute atomic E-state index is 0.0372. The second kappa shape index (κ2) is 4.31. The Morgan fingerprint density at radius 2 is 2.11 bits per heavy atom. The van der Waals surface area contributed by atoms with Crippen LogP contribution in [0.3, 0.4) is 0 Å². The van der Waals surface area contributed by atoms with Gasteiger partial charge in [-0.05, 0) is 26.3 Å². The Balaban J connectivity index is 2.41. The molecule has 6 nitrogen and oxygen atoms in total. The topological polar surface area (TPSA) is 87.0 Å². The predicted molar refractivity (Wildman–Crippen MR) is 66.6 cm³/mol. The van der Waals surface area contributed by atoms with E-state index in [0.29, 0.717) is 11.3 Å². The van der Waals surface area contributed by atoms with Gasteiger partial charge < -0.3 is 5.11 Å². The second-order valence-electron chi connectivity index (χ2n) is 4.58. The number of carbonyl (C=O) groups is 2. The van der Waals surface area contributed by atoms with Crippen LogP contribution in [0.25, 0.3) is 0 Å². The molecule has 1 saturated heterocycles. The van der Waals surface area contributed by atoms with E-state index >= 15 is 0 Å². The maximum atomic E-state index is 12.0. The molecule has 7 heteroatoms. The van der Waals surface area contributed by atoms with Crippen molar-refractivity contribution in [2.75, 3.05) is 5.75 Å². The van der Waals surface area contributed by atoms with Gasteiger partial charge in [0.05, 0.1) is 10.8 Å². The van der Waals surface area contributed by atoms with Gasteiger partial charge in [-0.3, -0.25) is 18.9 Å². The lowest BCUT2D eigenvalue weighted by Crippen LogP contribution is -2.67. The Bertz CT molecular complexity index is 519. The van der Waals surface area contributed by atoms with Gasteiger partial charge in [0.2, 0.25) is 0 Å². The SMILES string of the molecule is CC(C)=NC1C(=O)N2C(C(=O)O)=C(C)CS(=O)[C@@H]12. The Labute approximate surface area is 107 Å². The molecule has 3 atom stereocenters. The lowest BCUT2D eigenvalue weighted by atomic mass is 10.0. The van der Waals surface area contributed by atoms with Crippen molar-refractivity contribution in [3.05, 3.63) is 11.3 Å². The van der Waals surface area contributed by atoms with Crippen LogP contribution in [0.1, 0.15) is 20.8 Å². The number of β-lactam (4-membered cyclic amide) rings is 1. The standard InChI is InChI=1S/C11H14N2O4S/c1-5(2)12-7-9(14)13-8(11(15)16)6(3)4-18(17)10(7)13/h7,10H,4H2,1-3H3,(H,15,16)/t7?,10-,18?/m0/s1. The molecule has 0 aromatic heterocycles. The van der Waals surface area contributed by atoms with Crippen LogP contribution < -0.4 is 0 Å². The van der Waals surface area contributed by atoms with Crippen molar-refractivity contribution in [2.45, 2.75) is 32.2 Å². The molecule has 0 aromatic carbocycles. The largest absolute Gasteiger partial charge is 0.477 e. The van der Waals surface area contributed by atoms with Crippen molar-refractivity contribution in [3.63, 3.8) is 0 Å². The summed E-state index contributed by atoms with van der Waals surface area (Å²) in [4.78, 5) is 28.3. The Hall–Kier alpha value is -1.50. The monoisotopic (exact) mass is 270 g/mol. The molecule has 18 heavy (non-hydrogen) atoms. The van der Waals surface area contributed by atoms with Crippen molar-refractivity contribution in [2.24, 2.45) is 4.99 Å². The van der Waals surface area contributed by atoms with Gasteiger partial charge in [-0.1, -0.05) is 0 Å². The third kappa shape index (κ3) is 1.78. The van der Waals surface area contributed by atoms with Crippen molar-refractivity contribution >= 4 is 28.4 Å². The number of nitrogens with zero attached hydrogens (tertiary/aromatic N) is 2. The Kier molecular flexibility index (Phi) is 3.10. The molecule has 2 rings (SSSR count). The van der Waals surface area contributed by atoms with E-state index in [4.69, 9.17) is 5.11 Å². The first-order chi connectivity index (χ1) is 8.34. The predicted octanol–water partition coefficient (Wildman–Crippen LogP) is 0.125. The lowest BCUT2D eigenvalue weighted by Gasteiger charge is -2.47. The van der Waals surface area contributed by atoms with Crippen LogP contribution in [0.15, 0.2) is 16.3 Å². The van der Waals surface area contributed by atoms with Crippen LogP contribution in [0, 0.1) is 0 Å². The number of carboxylic acids is 1. The zero-order chi connectivity index (χ0) is 13.6. The van der Waals surface area contributed by atoms with E-state index in [9.17, 15) is 13.8 Å². The highest BCUT2D eigenvalue weighted by Crippen LogP contribution is 2.36. The van der Waals surface area contributed by atoms with E-state index in [1.807, 2.05) is 0 Å². The molecule has 0 aliphatic carbocycles. The van der Waals surface area contributed by atoms with Gasteiger partial charge in [0.1, 0.15) is 11.1 Å². The van der Waals surface area contributed by atoms with E-state index in [1.165, 1.54) is 0 Å². The molecule has 2 aliphatic rings. The van der Waals surface area contributed by atoms with Gasteiger partial charge >= 0.3 is 5.97 Å². The first kappa shape index (κ1) is 12.9. The average Bonchev–Trinajstić information content (AvgIpc) is 2.24. The Morgan fingerprint density at radius 3 is 2.61 bits per heavy atom. The van der Waals surface area contributed by atoms with Crippen LogP contribution in [0.5, 0.6) is 0 Å². The Morgan fingerprint density at radius 1 is 1.50 bits per heavy atom. The summed E-state index contributed by atoms with van der Waals surface area (Å²) < 4.78 is 12.0. The molecule has 1 fully saturated rings. The number of carbonyl (C=O) groups excluding carboxylic acids is 1. The molecule has 2 heterocycles. The summed E-state index contributed by atoms with van der Waals surface area (Å²) in [5.41, 5.74) is 1.15. The number of aliphatic carboxylic acids is 1. The zero-order valence-electron chi connectivity index (χ0n) is 10.3. The van der Waals surface area contributed by atoms with Crippen LogP contribution >= 0.6 is 0 Å². The molecule has 2 aliphatic heterocycles. The molecule has 0 spiro atoms. The quantitative estimate of drug-likeness (QED) is 0.570. The molecular weight excluding hydrogens is 256 g/mol. The minimum atomic E-state index is -1.29. The summed E-state index contributed by atoms with van der Waals surface area (Å²) in [6.07, 6.45) is 0. The fourth-order valence-corrected chi connectivity index (χ4v) is 3.85. The van der Waals surface area contributed by atoms with Crippen molar-refractivity contribution in [1.29, 1.82) is 0 Å². The summed E-state index contributed by atoms with van der Waals surface area (Å²) >= 11 is 0. The normalized spacial score (nSPS) is 30.7. The summed E-state index contributed by atoms with van der Waals surface area (Å²) in [5, 5.41) is 8.49.